The lowest BCUT2D eigenvalue weighted by molar-refractivity contribution is -0.142. The van der Waals surface area contributed by atoms with Crippen LogP contribution in [0.4, 0.5) is 5.69 Å². The summed E-state index contributed by atoms with van der Waals surface area (Å²) in [6, 6.07) is 24.2. The highest BCUT2D eigenvalue weighted by Crippen LogP contribution is 2.69. The molecule has 9 heteroatoms. The molecule has 3 amide bonds. The molecule has 3 aromatic carbocycles. The quantitative estimate of drug-likeness (QED) is 0.355. The summed E-state index contributed by atoms with van der Waals surface area (Å²) in [5.74, 6) is -2.01. The summed E-state index contributed by atoms with van der Waals surface area (Å²) in [5, 5.41) is 17.2. The van der Waals surface area contributed by atoms with Gasteiger partial charge in [-0.1, -0.05) is 79.2 Å². The molecule has 3 aliphatic rings. The van der Waals surface area contributed by atoms with Gasteiger partial charge in [-0.05, 0) is 47.7 Å². The lowest BCUT2D eigenvalue weighted by Gasteiger charge is -2.40. The molecule has 3 fully saturated rings. The molecule has 0 aliphatic carbocycles. The fourth-order valence-corrected chi connectivity index (χ4v) is 9.61. The first-order valence-electron chi connectivity index (χ1n) is 13.9. The number of fused-ring (bicyclic) bond motifs is 1. The first-order chi connectivity index (χ1) is 19.8. The standard InChI is InChI=1S/C32H32ClN3O4S/c1-19-16-25-26(29(38)34-17-20-8-4-2-5-9-20)27-31(40)36(24(18-37)21-10-6-3-7-11-21)28(32(19,27)41-25)30(39)35-23-14-12-22(33)13-15-23/h2-15,19,24-28,37H,16-18H2,1H3,(H,34,38)(H,35,39)/t19?,24-,25+,26-,27+,28?,32?/m1/s1. The Morgan fingerprint density at radius 3 is 2.34 bits per heavy atom. The van der Waals surface area contributed by atoms with Crippen molar-refractivity contribution < 1.29 is 19.5 Å². The molecule has 0 radical (unpaired) electrons. The Hall–Kier alpha value is -3.33. The SMILES string of the molecule is CC1C[C@@H]2SC13C(C(=O)Nc1ccc(Cl)cc1)N([C@H](CO)c1ccccc1)C(=O)[C@@H]3[C@@H]2C(=O)NCc1ccccc1. The Labute approximate surface area is 248 Å². The summed E-state index contributed by atoms with van der Waals surface area (Å²) < 4.78 is -0.810. The third kappa shape index (κ3) is 4.72. The van der Waals surface area contributed by atoms with Crippen LogP contribution in [0.3, 0.4) is 0 Å². The Kier molecular flexibility index (Phi) is 7.57. The number of carbonyl (C=O) groups is 3. The number of nitrogens with one attached hydrogen (secondary N) is 2. The van der Waals surface area contributed by atoms with Gasteiger partial charge in [0.1, 0.15) is 6.04 Å². The van der Waals surface area contributed by atoms with Gasteiger partial charge in [0.05, 0.1) is 29.2 Å². The molecule has 0 aromatic heterocycles. The number of halogens is 1. The molecule has 3 unspecified atom stereocenters. The van der Waals surface area contributed by atoms with E-state index in [1.807, 2.05) is 60.7 Å². The van der Waals surface area contributed by atoms with Crippen molar-refractivity contribution in [3.8, 4) is 0 Å². The van der Waals surface area contributed by atoms with Gasteiger partial charge in [0.2, 0.25) is 17.7 Å². The van der Waals surface area contributed by atoms with Crippen LogP contribution in [-0.2, 0) is 20.9 Å². The van der Waals surface area contributed by atoms with E-state index in [0.717, 1.165) is 17.5 Å². The van der Waals surface area contributed by atoms with Crippen LogP contribution in [0.25, 0.3) is 0 Å². The predicted octanol–water partition coefficient (Wildman–Crippen LogP) is 4.67. The van der Waals surface area contributed by atoms with Gasteiger partial charge < -0.3 is 20.6 Å². The van der Waals surface area contributed by atoms with Gasteiger partial charge in [0.25, 0.3) is 0 Å². The van der Waals surface area contributed by atoms with E-state index in [4.69, 9.17) is 11.6 Å². The molecule has 212 valence electrons. The summed E-state index contributed by atoms with van der Waals surface area (Å²) in [6.07, 6.45) is 0.728. The number of aliphatic hydroxyl groups is 1. The number of thioether (sulfide) groups is 1. The van der Waals surface area contributed by atoms with E-state index in [9.17, 15) is 19.5 Å². The molecule has 7 nitrogen and oxygen atoms in total. The van der Waals surface area contributed by atoms with E-state index in [1.165, 1.54) is 0 Å². The second-order valence-electron chi connectivity index (χ2n) is 11.1. The normalized spacial score (nSPS) is 28.8. The van der Waals surface area contributed by atoms with Crippen LogP contribution in [0, 0.1) is 17.8 Å². The van der Waals surface area contributed by atoms with E-state index < -0.39 is 28.7 Å². The summed E-state index contributed by atoms with van der Waals surface area (Å²) in [6.45, 7) is 2.09. The summed E-state index contributed by atoms with van der Waals surface area (Å²) in [7, 11) is 0. The average Bonchev–Trinajstić information content (AvgIpc) is 3.58. The second-order valence-corrected chi connectivity index (χ2v) is 13.1. The van der Waals surface area contributed by atoms with Gasteiger partial charge in [-0.25, -0.2) is 0 Å². The van der Waals surface area contributed by atoms with E-state index in [2.05, 4.69) is 17.6 Å². The lowest BCUT2D eigenvalue weighted by Crippen LogP contribution is -2.55. The third-order valence-corrected chi connectivity index (χ3v) is 11.2. The molecule has 1 spiro atoms. The van der Waals surface area contributed by atoms with Crippen LogP contribution in [0.15, 0.2) is 84.9 Å². The van der Waals surface area contributed by atoms with Crippen molar-refractivity contribution in [2.75, 3.05) is 11.9 Å². The minimum Gasteiger partial charge on any atom is -0.394 e. The number of amides is 3. The summed E-state index contributed by atoms with van der Waals surface area (Å²) in [4.78, 5) is 44.1. The molecule has 3 N–H and O–H groups in total. The number of likely N-dealkylation sites (tertiary alicyclic amines) is 1. The maximum Gasteiger partial charge on any atom is 0.248 e. The van der Waals surface area contributed by atoms with E-state index in [1.54, 1.807) is 40.9 Å². The number of aliphatic hydroxyl groups excluding tert-OH is 1. The van der Waals surface area contributed by atoms with Crippen molar-refractivity contribution in [1.82, 2.24) is 10.2 Å². The third-order valence-electron chi connectivity index (χ3n) is 8.85. The highest BCUT2D eigenvalue weighted by molar-refractivity contribution is 8.02. The van der Waals surface area contributed by atoms with Crippen LogP contribution in [0.2, 0.25) is 5.02 Å². The zero-order valence-corrected chi connectivity index (χ0v) is 24.1. The molecule has 3 saturated heterocycles. The fraction of sp³-hybridized carbons (Fsp3) is 0.344. The summed E-state index contributed by atoms with van der Waals surface area (Å²) >= 11 is 7.67. The molecule has 3 heterocycles. The average molecular weight is 590 g/mol. The van der Waals surface area contributed by atoms with Crippen molar-refractivity contribution in [1.29, 1.82) is 0 Å². The van der Waals surface area contributed by atoms with Crippen LogP contribution in [0.1, 0.15) is 30.5 Å². The molecule has 7 atom stereocenters. The molecule has 0 saturated carbocycles. The fourth-order valence-electron chi connectivity index (χ4n) is 7.07. The van der Waals surface area contributed by atoms with E-state index in [-0.39, 0.29) is 35.5 Å². The molecular formula is C32H32ClN3O4S. The monoisotopic (exact) mass is 589 g/mol. The number of nitrogens with zero attached hydrogens (tertiary/aromatic N) is 1. The highest BCUT2D eigenvalue weighted by Gasteiger charge is 2.76. The van der Waals surface area contributed by atoms with Crippen molar-refractivity contribution in [3.05, 3.63) is 101 Å². The maximum atomic E-state index is 14.5. The van der Waals surface area contributed by atoms with Gasteiger partial charge in [-0.2, -0.15) is 0 Å². The molecular weight excluding hydrogens is 558 g/mol. The van der Waals surface area contributed by atoms with Gasteiger partial charge in [0, 0.05) is 22.5 Å². The second kappa shape index (κ2) is 11.2. The number of rotatable bonds is 8. The molecule has 3 aliphatic heterocycles. The predicted molar refractivity (Wildman–Crippen MR) is 160 cm³/mol. The number of anilines is 1. The van der Waals surface area contributed by atoms with Crippen LogP contribution in [0.5, 0.6) is 0 Å². The highest BCUT2D eigenvalue weighted by atomic mass is 35.5. The van der Waals surface area contributed by atoms with Crippen LogP contribution < -0.4 is 10.6 Å². The number of carbonyl (C=O) groups excluding carboxylic acids is 3. The number of hydrogen-bond donors (Lipinski definition) is 3. The van der Waals surface area contributed by atoms with Crippen molar-refractivity contribution in [3.63, 3.8) is 0 Å². The number of hydrogen-bond acceptors (Lipinski definition) is 5. The van der Waals surface area contributed by atoms with Gasteiger partial charge in [0.15, 0.2) is 0 Å². The van der Waals surface area contributed by atoms with Gasteiger partial charge >= 0.3 is 0 Å². The lowest BCUT2D eigenvalue weighted by atomic mass is 9.66. The van der Waals surface area contributed by atoms with Crippen molar-refractivity contribution in [2.45, 2.75) is 42.0 Å². The van der Waals surface area contributed by atoms with Crippen molar-refractivity contribution in [2.24, 2.45) is 17.8 Å². The molecule has 41 heavy (non-hydrogen) atoms. The summed E-state index contributed by atoms with van der Waals surface area (Å²) in [5.41, 5.74) is 2.28. The minimum atomic E-state index is -0.884. The zero-order chi connectivity index (χ0) is 28.7. The molecule has 6 rings (SSSR count). The van der Waals surface area contributed by atoms with E-state index >= 15 is 0 Å². The number of benzene rings is 3. The Morgan fingerprint density at radius 1 is 1.02 bits per heavy atom. The Balaban J connectivity index is 1.38. The Morgan fingerprint density at radius 2 is 1.68 bits per heavy atom. The topological polar surface area (TPSA) is 98.7 Å². The first kappa shape index (κ1) is 27.8. The van der Waals surface area contributed by atoms with Crippen LogP contribution in [-0.4, -0.2) is 50.4 Å². The van der Waals surface area contributed by atoms with Crippen molar-refractivity contribution >= 4 is 46.8 Å². The molecule has 3 aromatic rings. The van der Waals surface area contributed by atoms with E-state index in [0.29, 0.717) is 17.3 Å². The van der Waals surface area contributed by atoms with Gasteiger partial charge in [-0.3, -0.25) is 14.4 Å². The zero-order valence-electron chi connectivity index (χ0n) is 22.6. The first-order valence-corrected chi connectivity index (χ1v) is 15.1. The smallest absolute Gasteiger partial charge is 0.248 e. The van der Waals surface area contributed by atoms with Gasteiger partial charge in [-0.15, -0.1) is 11.8 Å². The largest absolute Gasteiger partial charge is 0.394 e. The van der Waals surface area contributed by atoms with Crippen LogP contribution >= 0.6 is 23.4 Å². The minimum absolute atomic E-state index is 0.00528. The molecule has 2 bridgehead atoms. The maximum absolute atomic E-state index is 14.5. The Bertz CT molecular complexity index is 1440.